The fourth-order valence-electron chi connectivity index (χ4n) is 1.09. The Bertz CT molecular complexity index is 392. The van der Waals surface area contributed by atoms with Gasteiger partial charge in [0, 0.05) is 16.2 Å². The van der Waals surface area contributed by atoms with Crippen molar-refractivity contribution in [2.24, 2.45) is 0 Å². The largest absolute Gasteiger partial charge is 0.303 e. The summed E-state index contributed by atoms with van der Waals surface area (Å²) in [5.74, 6) is 0. The van der Waals surface area contributed by atoms with Crippen molar-refractivity contribution in [3.8, 4) is 0 Å². The Morgan fingerprint density at radius 2 is 2.36 bits per heavy atom. The van der Waals surface area contributed by atoms with Crippen molar-refractivity contribution in [1.29, 1.82) is 0 Å². The van der Waals surface area contributed by atoms with Crippen LogP contribution in [0, 0.1) is 17.0 Å². The van der Waals surface area contributed by atoms with Crippen LogP contribution in [0.3, 0.4) is 0 Å². The quantitative estimate of drug-likeness (QED) is 0.471. The second-order valence-corrected chi connectivity index (χ2v) is 3.51. The van der Waals surface area contributed by atoms with Gasteiger partial charge in [-0.3, -0.25) is 15.1 Å². The summed E-state index contributed by atoms with van der Waals surface area (Å²) in [6, 6.07) is 0. The van der Waals surface area contributed by atoms with Crippen LogP contribution >= 0.6 is 15.9 Å². The molecule has 1 aromatic rings. The predicted octanol–water partition coefficient (Wildman–Crippen LogP) is 1.80. The topological polar surface area (TPSA) is 73.1 Å². The lowest BCUT2D eigenvalue weighted by Gasteiger charge is -2.02. The zero-order chi connectivity index (χ0) is 10.7. The molecule has 0 aliphatic carbocycles. The van der Waals surface area contributed by atoms with Gasteiger partial charge in [0.15, 0.2) is 0 Å². The van der Waals surface area contributed by atoms with Crippen LogP contribution < -0.4 is 0 Å². The highest BCUT2D eigenvalue weighted by Crippen LogP contribution is 2.27. The third-order valence-corrected chi connectivity index (χ3v) is 2.58. The van der Waals surface area contributed by atoms with Gasteiger partial charge in [-0.25, -0.2) is 0 Å². The molecule has 0 spiro atoms. The summed E-state index contributed by atoms with van der Waals surface area (Å²) >= 11 is 3.14. The van der Waals surface area contributed by atoms with Crippen LogP contribution in [-0.4, -0.2) is 16.2 Å². The standard InChI is InChI=1S/C8H7BrN2O3/c1-5-6(9)4-10-7(2-3-12)8(5)11(13)14/h3-4H,2H2,1H3. The summed E-state index contributed by atoms with van der Waals surface area (Å²) in [5.41, 5.74) is 0.596. The van der Waals surface area contributed by atoms with Gasteiger partial charge in [-0.1, -0.05) is 0 Å². The van der Waals surface area contributed by atoms with Crippen molar-refractivity contribution < 1.29 is 9.72 Å². The second kappa shape index (κ2) is 4.28. The van der Waals surface area contributed by atoms with Crippen LogP contribution in [0.25, 0.3) is 0 Å². The Balaban J connectivity index is 3.37. The van der Waals surface area contributed by atoms with Crippen LogP contribution in [0.15, 0.2) is 10.7 Å². The molecular formula is C8H7BrN2O3. The molecule has 0 atom stereocenters. The van der Waals surface area contributed by atoms with E-state index in [-0.39, 0.29) is 17.8 Å². The Morgan fingerprint density at radius 3 is 2.86 bits per heavy atom. The van der Waals surface area contributed by atoms with Gasteiger partial charge < -0.3 is 4.79 Å². The van der Waals surface area contributed by atoms with E-state index in [1.165, 1.54) is 6.20 Å². The Hall–Kier alpha value is -1.30. The molecule has 0 fully saturated rings. The number of rotatable bonds is 3. The van der Waals surface area contributed by atoms with Gasteiger partial charge in [-0.05, 0) is 22.9 Å². The Morgan fingerprint density at radius 1 is 1.71 bits per heavy atom. The number of hydrogen-bond acceptors (Lipinski definition) is 4. The number of aldehydes is 1. The highest BCUT2D eigenvalue weighted by atomic mass is 79.9. The van der Waals surface area contributed by atoms with Gasteiger partial charge in [-0.15, -0.1) is 0 Å². The smallest absolute Gasteiger partial charge is 0.295 e. The van der Waals surface area contributed by atoms with Gasteiger partial charge in [-0.2, -0.15) is 0 Å². The van der Waals surface area contributed by atoms with Crippen molar-refractivity contribution in [2.75, 3.05) is 0 Å². The lowest BCUT2D eigenvalue weighted by atomic mass is 10.1. The molecule has 1 aromatic heterocycles. The van der Waals surface area contributed by atoms with Crippen LogP contribution in [0.4, 0.5) is 5.69 Å². The predicted molar refractivity (Wildman–Crippen MR) is 53.1 cm³/mol. The SMILES string of the molecule is Cc1c(Br)cnc(CC=O)c1[N+](=O)[O-]. The molecular weight excluding hydrogens is 252 g/mol. The average Bonchev–Trinajstić information content (AvgIpc) is 2.11. The summed E-state index contributed by atoms with van der Waals surface area (Å²) in [6.45, 7) is 1.61. The Kier molecular flexibility index (Phi) is 3.29. The lowest BCUT2D eigenvalue weighted by molar-refractivity contribution is -0.386. The van der Waals surface area contributed by atoms with Crippen molar-refractivity contribution in [1.82, 2.24) is 4.98 Å². The maximum atomic E-state index is 10.7. The molecule has 0 bridgehead atoms. The molecule has 1 heterocycles. The van der Waals surface area contributed by atoms with Crippen LogP contribution in [0.5, 0.6) is 0 Å². The van der Waals surface area contributed by atoms with E-state index in [0.29, 0.717) is 16.3 Å². The van der Waals surface area contributed by atoms with E-state index < -0.39 is 4.92 Å². The maximum Gasteiger partial charge on any atom is 0.295 e. The van der Waals surface area contributed by atoms with Gasteiger partial charge in [0.25, 0.3) is 5.69 Å². The molecule has 1 rings (SSSR count). The number of carbonyl (C=O) groups excluding carboxylic acids is 1. The van der Waals surface area contributed by atoms with Gasteiger partial charge in [0.1, 0.15) is 12.0 Å². The van der Waals surface area contributed by atoms with E-state index in [0.717, 1.165) is 0 Å². The molecule has 5 nitrogen and oxygen atoms in total. The third kappa shape index (κ3) is 1.95. The molecule has 6 heteroatoms. The monoisotopic (exact) mass is 258 g/mol. The number of halogens is 1. The number of nitrogens with zero attached hydrogens (tertiary/aromatic N) is 2. The second-order valence-electron chi connectivity index (χ2n) is 2.65. The first kappa shape index (κ1) is 10.8. The molecule has 0 aliphatic heterocycles. The highest BCUT2D eigenvalue weighted by molar-refractivity contribution is 9.10. The first-order valence-corrected chi connectivity index (χ1v) is 4.59. The van der Waals surface area contributed by atoms with E-state index in [1.54, 1.807) is 6.92 Å². The fourth-order valence-corrected chi connectivity index (χ4v) is 1.38. The van der Waals surface area contributed by atoms with Crippen LogP contribution in [0.2, 0.25) is 0 Å². The van der Waals surface area contributed by atoms with Crippen LogP contribution in [-0.2, 0) is 11.2 Å². The molecule has 0 unspecified atom stereocenters. The van der Waals surface area contributed by atoms with E-state index in [9.17, 15) is 14.9 Å². The molecule has 0 amide bonds. The molecule has 0 saturated carbocycles. The number of aromatic nitrogens is 1. The van der Waals surface area contributed by atoms with E-state index >= 15 is 0 Å². The molecule has 0 aromatic carbocycles. The number of pyridine rings is 1. The van der Waals surface area contributed by atoms with E-state index in [2.05, 4.69) is 20.9 Å². The molecule has 0 aliphatic rings. The van der Waals surface area contributed by atoms with Gasteiger partial charge in [0.05, 0.1) is 11.3 Å². The molecule has 0 saturated heterocycles. The van der Waals surface area contributed by atoms with Crippen molar-refractivity contribution in [2.45, 2.75) is 13.3 Å². The molecule has 0 radical (unpaired) electrons. The lowest BCUT2D eigenvalue weighted by Crippen LogP contribution is -2.02. The summed E-state index contributed by atoms with van der Waals surface area (Å²) in [6.07, 6.45) is 2.02. The first-order valence-electron chi connectivity index (χ1n) is 3.80. The first-order chi connectivity index (χ1) is 6.57. The summed E-state index contributed by atoms with van der Waals surface area (Å²) < 4.78 is 0.568. The number of nitro groups is 1. The summed E-state index contributed by atoms with van der Waals surface area (Å²) in [5, 5.41) is 10.7. The zero-order valence-corrected chi connectivity index (χ0v) is 8.94. The Labute approximate surface area is 88.4 Å². The van der Waals surface area contributed by atoms with Crippen molar-refractivity contribution in [3.63, 3.8) is 0 Å². The summed E-state index contributed by atoms with van der Waals surface area (Å²) in [4.78, 5) is 24.3. The zero-order valence-electron chi connectivity index (χ0n) is 7.36. The molecule has 14 heavy (non-hydrogen) atoms. The maximum absolute atomic E-state index is 10.7. The normalized spacial score (nSPS) is 9.86. The van der Waals surface area contributed by atoms with Gasteiger partial charge in [0.2, 0.25) is 0 Å². The molecule has 74 valence electrons. The number of hydrogen-bond donors (Lipinski definition) is 0. The van der Waals surface area contributed by atoms with E-state index in [1.807, 2.05) is 0 Å². The van der Waals surface area contributed by atoms with Crippen molar-refractivity contribution in [3.05, 3.63) is 32.0 Å². The highest BCUT2D eigenvalue weighted by Gasteiger charge is 2.20. The van der Waals surface area contributed by atoms with Gasteiger partial charge >= 0.3 is 0 Å². The number of carbonyl (C=O) groups is 1. The van der Waals surface area contributed by atoms with Crippen molar-refractivity contribution >= 4 is 27.9 Å². The minimum absolute atomic E-state index is 0.0373. The van der Waals surface area contributed by atoms with E-state index in [4.69, 9.17) is 0 Å². The fraction of sp³-hybridized carbons (Fsp3) is 0.250. The van der Waals surface area contributed by atoms with Crippen LogP contribution in [0.1, 0.15) is 11.3 Å². The minimum Gasteiger partial charge on any atom is -0.303 e. The third-order valence-electron chi connectivity index (χ3n) is 1.78. The molecule has 0 N–H and O–H groups in total. The average molecular weight is 259 g/mol. The summed E-state index contributed by atoms with van der Waals surface area (Å²) in [7, 11) is 0. The minimum atomic E-state index is -0.522.